The van der Waals surface area contributed by atoms with Gasteiger partial charge in [0.25, 0.3) is 0 Å². The van der Waals surface area contributed by atoms with E-state index in [4.69, 9.17) is 28.9 Å². The number of hydrogen-bond acceptors (Lipinski definition) is 2. The maximum Gasteiger partial charge on any atom is 0.224 e. The van der Waals surface area contributed by atoms with Crippen molar-refractivity contribution in [3.63, 3.8) is 0 Å². The van der Waals surface area contributed by atoms with Crippen molar-refractivity contribution in [1.29, 1.82) is 0 Å². The fraction of sp³-hybridized carbons (Fsp3) is 0.500. The first kappa shape index (κ1) is 16.3. The Bertz CT molecular complexity index is 447. The molecule has 0 saturated heterocycles. The maximum atomic E-state index is 11.9. The zero-order valence-electron chi connectivity index (χ0n) is 11.3. The number of rotatable bonds is 6. The van der Waals surface area contributed by atoms with Crippen molar-refractivity contribution in [3.8, 4) is 0 Å². The first-order valence-electron chi connectivity index (χ1n) is 6.29. The molecule has 5 heteroatoms. The highest BCUT2D eigenvalue weighted by molar-refractivity contribution is 6.35. The van der Waals surface area contributed by atoms with Crippen LogP contribution >= 0.6 is 23.2 Å². The molecule has 0 radical (unpaired) electrons. The fourth-order valence-electron chi connectivity index (χ4n) is 1.77. The largest absolute Gasteiger partial charge is 0.330 e. The zero-order valence-corrected chi connectivity index (χ0v) is 12.8. The van der Waals surface area contributed by atoms with Crippen LogP contribution in [-0.4, -0.2) is 12.5 Å². The second kappa shape index (κ2) is 7.13. The first-order valence-corrected chi connectivity index (χ1v) is 7.04. The van der Waals surface area contributed by atoms with Crippen LogP contribution < -0.4 is 11.1 Å². The third-order valence-corrected chi connectivity index (χ3v) is 3.62. The van der Waals surface area contributed by atoms with Crippen LogP contribution in [0.25, 0.3) is 0 Å². The molecule has 0 aliphatic heterocycles. The fourth-order valence-corrected chi connectivity index (χ4v) is 2.11. The van der Waals surface area contributed by atoms with Crippen LogP contribution in [0.2, 0.25) is 10.0 Å². The molecule has 1 rings (SSSR count). The Labute approximate surface area is 124 Å². The van der Waals surface area contributed by atoms with Gasteiger partial charge in [-0.05, 0) is 43.0 Å². The Hall–Kier alpha value is -0.770. The van der Waals surface area contributed by atoms with Crippen molar-refractivity contribution >= 4 is 34.8 Å². The lowest BCUT2D eigenvalue weighted by atomic mass is 9.84. The van der Waals surface area contributed by atoms with Crippen molar-refractivity contribution in [2.24, 2.45) is 11.1 Å². The van der Waals surface area contributed by atoms with E-state index in [0.29, 0.717) is 28.7 Å². The molecule has 0 aliphatic carbocycles. The van der Waals surface area contributed by atoms with Gasteiger partial charge in [0.05, 0.1) is 10.7 Å². The minimum atomic E-state index is -0.0609. The average Bonchev–Trinajstić information content (AvgIpc) is 2.31. The molecule has 0 aliphatic rings. The Kier molecular flexibility index (Phi) is 6.11. The maximum absolute atomic E-state index is 11.9. The number of carbonyl (C=O) groups is 1. The highest BCUT2D eigenvalue weighted by atomic mass is 35.5. The number of amides is 1. The van der Waals surface area contributed by atoms with E-state index in [0.717, 1.165) is 12.8 Å². The Morgan fingerprint density at radius 2 is 2.00 bits per heavy atom. The zero-order chi connectivity index (χ0) is 14.5. The van der Waals surface area contributed by atoms with Crippen LogP contribution in [0.5, 0.6) is 0 Å². The predicted molar refractivity (Wildman–Crippen MR) is 81.8 cm³/mol. The van der Waals surface area contributed by atoms with E-state index in [-0.39, 0.29) is 11.3 Å². The molecule has 0 unspecified atom stereocenters. The summed E-state index contributed by atoms with van der Waals surface area (Å²) in [6.45, 7) is 4.85. The van der Waals surface area contributed by atoms with E-state index in [1.54, 1.807) is 18.2 Å². The van der Waals surface area contributed by atoms with Crippen molar-refractivity contribution in [3.05, 3.63) is 28.2 Å². The van der Waals surface area contributed by atoms with Gasteiger partial charge >= 0.3 is 0 Å². The van der Waals surface area contributed by atoms with E-state index in [9.17, 15) is 4.79 Å². The molecule has 0 spiro atoms. The summed E-state index contributed by atoms with van der Waals surface area (Å²) in [5.74, 6) is -0.0609. The van der Waals surface area contributed by atoms with Crippen molar-refractivity contribution in [1.82, 2.24) is 0 Å². The number of hydrogen-bond donors (Lipinski definition) is 2. The first-order chi connectivity index (χ1) is 8.84. The topological polar surface area (TPSA) is 55.1 Å². The highest BCUT2D eigenvalue weighted by Gasteiger charge is 2.18. The standard InChI is InChI=1S/C14H20Cl2N2O/c1-14(2,7-8-17)6-5-13(19)18-12-9-10(15)3-4-11(12)16/h3-4,9H,5-8,17H2,1-2H3,(H,18,19). The lowest BCUT2D eigenvalue weighted by molar-refractivity contribution is -0.116. The Balaban J connectivity index is 2.54. The summed E-state index contributed by atoms with van der Waals surface area (Å²) in [6, 6.07) is 4.99. The number of nitrogens with two attached hydrogens (primary N) is 1. The Morgan fingerprint density at radius 3 is 2.63 bits per heavy atom. The van der Waals surface area contributed by atoms with Gasteiger partial charge < -0.3 is 11.1 Å². The van der Waals surface area contributed by atoms with E-state index < -0.39 is 0 Å². The van der Waals surface area contributed by atoms with Gasteiger partial charge in [0, 0.05) is 11.4 Å². The lowest BCUT2D eigenvalue weighted by Crippen LogP contribution is -2.20. The summed E-state index contributed by atoms with van der Waals surface area (Å²) < 4.78 is 0. The molecule has 1 aromatic carbocycles. The molecule has 0 heterocycles. The molecule has 1 amide bonds. The molecule has 0 aromatic heterocycles. The van der Waals surface area contributed by atoms with Crippen LogP contribution in [0, 0.1) is 5.41 Å². The molecule has 0 bridgehead atoms. The number of carbonyl (C=O) groups excluding carboxylic acids is 1. The lowest BCUT2D eigenvalue weighted by Gasteiger charge is -2.23. The number of anilines is 1. The molecule has 106 valence electrons. The summed E-state index contributed by atoms with van der Waals surface area (Å²) in [5.41, 5.74) is 6.17. The van der Waals surface area contributed by atoms with E-state index in [1.165, 1.54) is 0 Å². The summed E-state index contributed by atoms with van der Waals surface area (Å²) in [5, 5.41) is 3.81. The summed E-state index contributed by atoms with van der Waals surface area (Å²) in [6.07, 6.45) is 2.13. The van der Waals surface area contributed by atoms with Crippen LogP contribution in [-0.2, 0) is 4.79 Å². The average molecular weight is 303 g/mol. The number of nitrogens with one attached hydrogen (secondary N) is 1. The molecule has 19 heavy (non-hydrogen) atoms. The molecule has 0 fully saturated rings. The second-order valence-electron chi connectivity index (χ2n) is 5.38. The second-order valence-corrected chi connectivity index (χ2v) is 6.22. The summed E-state index contributed by atoms with van der Waals surface area (Å²) in [4.78, 5) is 11.9. The van der Waals surface area contributed by atoms with Gasteiger partial charge in [-0.15, -0.1) is 0 Å². The molecule has 1 aromatic rings. The molecular weight excluding hydrogens is 283 g/mol. The van der Waals surface area contributed by atoms with Crippen LogP contribution in [0.15, 0.2) is 18.2 Å². The van der Waals surface area contributed by atoms with Crippen LogP contribution in [0.3, 0.4) is 0 Å². The van der Waals surface area contributed by atoms with Gasteiger partial charge in [-0.2, -0.15) is 0 Å². The van der Waals surface area contributed by atoms with Crippen molar-refractivity contribution < 1.29 is 4.79 Å². The quantitative estimate of drug-likeness (QED) is 0.831. The van der Waals surface area contributed by atoms with Crippen molar-refractivity contribution in [2.45, 2.75) is 33.1 Å². The minimum absolute atomic E-state index is 0.0609. The molecular formula is C14H20Cl2N2O. The van der Waals surface area contributed by atoms with Gasteiger partial charge in [0.15, 0.2) is 0 Å². The summed E-state index contributed by atoms with van der Waals surface area (Å²) >= 11 is 11.9. The predicted octanol–water partition coefficient (Wildman–Crippen LogP) is 4.09. The molecule has 0 atom stereocenters. The smallest absolute Gasteiger partial charge is 0.224 e. The summed E-state index contributed by atoms with van der Waals surface area (Å²) in [7, 11) is 0. The van der Waals surface area contributed by atoms with E-state index >= 15 is 0 Å². The van der Waals surface area contributed by atoms with Crippen LogP contribution in [0.1, 0.15) is 33.1 Å². The van der Waals surface area contributed by atoms with E-state index in [2.05, 4.69) is 19.2 Å². The number of halogens is 2. The highest BCUT2D eigenvalue weighted by Crippen LogP contribution is 2.28. The third kappa shape index (κ3) is 5.81. The van der Waals surface area contributed by atoms with Crippen LogP contribution in [0.4, 0.5) is 5.69 Å². The third-order valence-electron chi connectivity index (χ3n) is 3.05. The van der Waals surface area contributed by atoms with Crippen molar-refractivity contribution in [2.75, 3.05) is 11.9 Å². The number of benzene rings is 1. The van der Waals surface area contributed by atoms with Gasteiger partial charge in [-0.25, -0.2) is 0 Å². The van der Waals surface area contributed by atoms with E-state index in [1.807, 2.05) is 0 Å². The monoisotopic (exact) mass is 302 g/mol. The van der Waals surface area contributed by atoms with Gasteiger partial charge in [-0.1, -0.05) is 37.0 Å². The minimum Gasteiger partial charge on any atom is -0.330 e. The van der Waals surface area contributed by atoms with Gasteiger partial charge in [0.2, 0.25) is 5.91 Å². The molecule has 3 N–H and O–H groups in total. The Morgan fingerprint density at radius 1 is 1.32 bits per heavy atom. The molecule has 0 saturated carbocycles. The van der Waals surface area contributed by atoms with Gasteiger partial charge in [-0.3, -0.25) is 4.79 Å². The normalized spacial score (nSPS) is 11.4. The molecule has 3 nitrogen and oxygen atoms in total. The van der Waals surface area contributed by atoms with Gasteiger partial charge in [0.1, 0.15) is 0 Å². The SMILES string of the molecule is CC(C)(CCN)CCC(=O)Nc1cc(Cl)ccc1Cl.